The van der Waals surface area contributed by atoms with Crippen molar-refractivity contribution in [2.75, 3.05) is 0 Å². The van der Waals surface area contributed by atoms with E-state index in [4.69, 9.17) is 0 Å². The van der Waals surface area contributed by atoms with Crippen LogP contribution in [0.25, 0.3) is 0 Å². The van der Waals surface area contributed by atoms with Gasteiger partial charge in [0.2, 0.25) is 6.04 Å². The largest absolute Gasteiger partial charge is 0.508 e. The van der Waals surface area contributed by atoms with Crippen molar-refractivity contribution < 1.29 is 23.4 Å². The third-order valence-corrected chi connectivity index (χ3v) is 2.50. The summed E-state index contributed by atoms with van der Waals surface area (Å²) in [7, 11) is 0. The van der Waals surface area contributed by atoms with Crippen molar-refractivity contribution in [2.45, 2.75) is 32.0 Å². The summed E-state index contributed by atoms with van der Waals surface area (Å²) in [6.45, 7) is 1.74. The minimum absolute atomic E-state index is 0.00657. The van der Waals surface area contributed by atoms with E-state index in [-0.39, 0.29) is 17.7 Å². The average molecular weight is 263 g/mol. The van der Waals surface area contributed by atoms with Crippen molar-refractivity contribution in [1.82, 2.24) is 0 Å². The summed E-state index contributed by atoms with van der Waals surface area (Å²) in [5.74, 6) is -1.02. The first-order valence-corrected chi connectivity index (χ1v) is 5.25. The summed E-state index contributed by atoms with van der Waals surface area (Å²) in [4.78, 5) is 10.3. The van der Waals surface area contributed by atoms with Gasteiger partial charge < -0.3 is 10.2 Å². The number of hydrogen-bond donors (Lipinski definition) is 2. The Balaban J connectivity index is 3.33. The Morgan fingerprint density at radius 1 is 1.33 bits per heavy atom. The van der Waals surface area contributed by atoms with E-state index in [0.29, 0.717) is 6.42 Å². The van der Waals surface area contributed by atoms with E-state index in [1.165, 1.54) is 0 Å². The van der Waals surface area contributed by atoms with Crippen molar-refractivity contribution in [3.8, 4) is 11.5 Å². The molecule has 18 heavy (non-hydrogen) atoms. The van der Waals surface area contributed by atoms with E-state index < -0.39 is 23.5 Å². The molecule has 2 N–H and O–H groups in total. The van der Waals surface area contributed by atoms with Crippen LogP contribution in [0.2, 0.25) is 0 Å². The lowest BCUT2D eigenvalue weighted by atomic mass is 9.99. The van der Waals surface area contributed by atoms with Gasteiger partial charge in [-0.15, -0.1) is 4.91 Å². The van der Waals surface area contributed by atoms with Crippen LogP contribution in [0.4, 0.5) is 13.2 Å². The molecule has 1 aromatic rings. The maximum absolute atomic E-state index is 12.5. The highest BCUT2D eigenvalue weighted by Gasteiger charge is 2.44. The highest BCUT2D eigenvalue weighted by atomic mass is 19.4. The molecule has 0 aliphatic carbocycles. The first-order valence-electron chi connectivity index (χ1n) is 5.25. The molecule has 0 heterocycles. The van der Waals surface area contributed by atoms with Gasteiger partial charge in [-0.25, -0.2) is 0 Å². The van der Waals surface area contributed by atoms with Crippen LogP contribution in [-0.2, 0) is 6.42 Å². The monoisotopic (exact) mass is 263 g/mol. The molecule has 1 aromatic carbocycles. The number of nitrogens with zero attached hydrogens (tertiary/aromatic N) is 1. The lowest BCUT2D eigenvalue weighted by Gasteiger charge is -2.17. The minimum Gasteiger partial charge on any atom is -0.508 e. The Morgan fingerprint density at radius 2 is 1.94 bits per heavy atom. The fourth-order valence-electron chi connectivity index (χ4n) is 1.65. The van der Waals surface area contributed by atoms with Gasteiger partial charge in [-0.05, 0) is 18.6 Å². The van der Waals surface area contributed by atoms with E-state index in [1.54, 1.807) is 6.92 Å². The van der Waals surface area contributed by atoms with Crippen molar-refractivity contribution in [2.24, 2.45) is 5.18 Å². The Bertz CT molecular complexity index is 446. The summed E-state index contributed by atoms with van der Waals surface area (Å²) >= 11 is 0. The first-order chi connectivity index (χ1) is 8.32. The van der Waals surface area contributed by atoms with Crippen LogP contribution in [0.1, 0.15) is 30.5 Å². The van der Waals surface area contributed by atoms with Gasteiger partial charge in [-0.3, -0.25) is 0 Å². The van der Waals surface area contributed by atoms with Gasteiger partial charge in [0.25, 0.3) is 0 Å². The number of nitroso groups, excluding NO2 is 1. The topological polar surface area (TPSA) is 69.9 Å². The number of benzene rings is 1. The Kier molecular flexibility index (Phi) is 4.15. The summed E-state index contributed by atoms with van der Waals surface area (Å²) < 4.78 is 37.6. The Hall–Kier alpha value is -1.79. The standard InChI is InChI=1S/C11H12F3NO3/c1-2-3-6-8(16)5-4-7(9(6)17)10(15-18)11(12,13)14/h4-5,10,16-17H,2-3H2,1H3. The van der Waals surface area contributed by atoms with Crippen LogP contribution < -0.4 is 0 Å². The molecule has 0 radical (unpaired) electrons. The molecule has 1 rings (SSSR count). The molecule has 100 valence electrons. The number of rotatable bonds is 4. The van der Waals surface area contributed by atoms with Crippen LogP contribution >= 0.6 is 0 Å². The lowest BCUT2D eigenvalue weighted by Crippen LogP contribution is -2.19. The number of aromatic hydroxyl groups is 2. The van der Waals surface area contributed by atoms with Crippen LogP contribution in [0.3, 0.4) is 0 Å². The predicted molar refractivity (Wildman–Crippen MR) is 58.4 cm³/mol. The number of phenols is 2. The molecule has 0 saturated heterocycles. The van der Waals surface area contributed by atoms with Crippen molar-refractivity contribution >= 4 is 0 Å². The van der Waals surface area contributed by atoms with Gasteiger partial charge >= 0.3 is 6.18 Å². The van der Waals surface area contributed by atoms with E-state index >= 15 is 0 Å². The molecular formula is C11H12F3NO3. The molecule has 0 spiro atoms. The SMILES string of the molecule is CCCc1c(O)ccc(C(N=O)C(F)(F)F)c1O. The summed E-state index contributed by atoms with van der Waals surface area (Å²) in [5.41, 5.74) is -0.647. The zero-order chi connectivity index (χ0) is 13.9. The Morgan fingerprint density at radius 3 is 2.39 bits per heavy atom. The summed E-state index contributed by atoms with van der Waals surface area (Å²) in [6, 6.07) is -0.762. The van der Waals surface area contributed by atoms with Crippen LogP contribution in [0.15, 0.2) is 17.3 Å². The molecule has 0 saturated carbocycles. The molecular weight excluding hydrogens is 251 g/mol. The van der Waals surface area contributed by atoms with Crippen molar-refractivity contribution in [3.63, 3.8) is 0 Å². The third-order valence-electron chi connectivity index (χ3n) is 2.50. The third kappa shape index (κ3) is 2.72. The highest BCUT2D eigenvalue weighted by molar-refractivity contribution is 5.50. The molecule has 0 aliphatic heterocycles. The predicted octanol–water partition coefficient (Wildman–Crippen LogP) is 3.42. The quantitative estimate of drug-likeness (QED) is 0.817. The molecule has 1 unspecified atom stereocenters. The average Bonchev–Trinajstić information content (AvgIpc) is 2.26. The smallest absolute Gasteiger partial charge is 0.418 e. The fourth-order valence-corrected chi connectivity index (χ4v) is 1.65. The molecule has 0 fully saturated rings. The van der Waals surface area contributed by atoms with Gasteiger partial charge in [0, 0.05) is 11.1 Å². The van der Waals surface area contributed by atoms with Crippen LogP contribution in [0.5, 0.6) is 11.5 Å². The minimum atomic E-state index is -4.88. The molecule has 0 aromatic heterocycles. The van der Waals surface area contributed by atoms with E-state index in [1.807, 2.05) is 5.18 Å². The number of phenolic OH excluding ortho intramolecular Hbond substituents is 2. The van der Waals surface area contributed by atoms with E-state index in [2.05, 4.69) is 0 Å². The maximum Gasteiger partial charge on any atom is 0.418 e. The van der Waals surface area contributed by atoms with Crippen molar-refractivity contribution in [1.29, 1.82) is 0 Å². The van der Waals surface area contributed by atoms with Gasteiger partial charge in [-0.2, -0.15) is 13.2 Å². The molecule has 0 bridgehead atoms. The molecule has 0 amide bonds. The van der Waals surface area contributed by atoms with Crippen molar-refractivity contribution in [3.05, 3.63) is 28.2 Å². The fraction of sp³-hybridized carbons (Fsp3) is 0.455. The number of hydrogen-bond acceptors (Lipinski definition) is 4. The second-order valence-corrected chi connectivity index (χ2v) is 3.80. The maximum atomic E-state index is 12.5. The van der Waals surface area contributed by atoms with Gasteiger partial charge in [0.15, 0.2) is 0 Å². The summed E-state index contributed by atoms with van der Waals surface area (Å²) in [5, 5.41) is 21.2. The van der Waals surface area contributed by atoms with Crippen LogP contribution in [-0.4, -0.2) is 16.4 Å². The zero-order valence-electron chi connectivity index (χ0n) is 9.53. The molecule has 7 heteroatoms. The van der Waals surface area contributed by atoms with E-state index in [0.717, 1.165) is 12.1 Å². The van der Waals surface area contributed by atoms with Gasteiger partial charge in [-0.1, -0.05) is 18.5 Å². The number of halogens is 3. The Labute approximate surface area is 101 Å². The summed E-state index contributed by atoms with van der Waals surface area (Å²) in [6.07, 6.45) is -4.15. The van der Waals surface area contributed by atoms with Gasteiger partial charge in [0.1, 0.15) is 11.5 Å². The molecule has 0 aliphatic rings. The molecule has 1 atom stereocenters. The highest BCUT2D eigenvalue weighted by Crippen LogP contribution is 2.43. The molecule has 4 nitrogen and oxygen atoms in total. The lowest BCUT2D eigenvalue weighted by molar-refractivity contribution is -0.149. The second kappa shape index (κ2) is 5.24. The zero-order valence-corrected chi connectivity index (χ0v) is 9.53. The second-order valence-electron chi connectivity index (χ2n) is 3.80. The van der Waals surface area contributed by atoms with E-state index in [9.17, 15) is 28.3 Å². The van der Waals surface area contributed by atoms with Gasteiger partial charge in [0.05, 0.1) is 0 Å². The van der Waals surface area contributed by atoms with Crippen LogP contribution in [0, 0.1) is 4.91 Å². The number of alkyl halides is 3. The normalized spacial score (nSPS) is 13.3. The first kappa shape index (κ1) is 14.3.